The van der Waals surface area contributed by atoms with Crippen molar-refractivity contribution in [3.05, 3.63) is 28.3 Å². The average Bonchev–Trinajstić information content (AvgIpc) is 3.18. The zero-order valence-corrected chi connectivity index (χ0v) is 16.2. The van der Waals surface area contributed by atoms with Crippen LogP contribution in [0.5, 0.6) is 0 Å². The second kappa shape index (κ2) is 7.26. The number of aromatic nitrogens is 2. The van der Waals surface area contributed by atoms with Crippen LogP contribution < -0.4 is 0 Å². The van der Waals surface area contributed by atoms with Crippen molar-refractivity contribution in [1.29, 1.82) is 0 Å². The molecular formula is C17H22N4O5S. The number of amides is 1. The van der Waals surface area contributed by atoms with Gasteiger partial charge in [0.05, 0.1) is 26.8 Å². The van der Waals surface area contributed by atoms with Gasteiger partial charge in [-0.3, -0.25) is 14.3 Å². The molecule has 3 rings (SSSR count). The van der Waals surface area contributed by atoms with E-state index < -0.39 is 21.3 Å². The lowest BCUT2D eigenvalue weighted by molar-refractivity contribution is -0.384. The highest BCUT2D eigenvalue weighted by molar-refractivity contribution is 7.84. The number of H-pyrrole nitrogens is 1. The van der Waals surface area contributed by atoms with Crippen LogP contribution in [0.1, 0.15) is 27.2 Å². The highest BCUT2D eigenvalue weighted by atomic mass is 32.2. The number of rotatable bonds is 4. The molecule has 0 saturated carbocycles. The van der Waals surface area contributed by atoms with Crippen molar-refractivity contribution in [2.45, 2.75) is 37.9 Å². The number of non-ortho nitro benzene ring substituents is 1. The van der Waals surface area contributed by atoms with Gasteiger partial charge in [-0.25, -0.2) is 9.78 Å². The lowest BCUT2D eigenvalue weighted by Crippen LogP contribution is -2.35. The molecule has 0 bridgehead atoms. The van der Waals surface area contributed by atoms with Crippen molar-refractivity contribution < 1.29 is 18.7 Å². The molecule has 2 atom stereocenters. The minimum Gasteiger partial charge on any atom is -0.444 e. The maximum absolute atomic E-state index is 12.6. The number of aromatic amines is 1. The predicted molar refractivity (Wildman–Crippen MR) is 99.9 cm³/mol. The Kier molecular flexibility index (Phi) is 5.18. The molecule has 1 aliphatic heterocycles. The van der Waals surface area contributed by atoms with E-state index in [1.54, 1.807) is 4.90 Å². The maximum atomic E-state index is 12.6. The molecule has 1 aliphatic rings. The van der Waals surface area contributed by atoms with Gasteiger partial charge in [0, 0.05) is 31.0 Å². The predicted octanol–water partition coefficient (Wildman–Crippen LogP) is 2.84. The average molecular weight is 394 g/mol. The first-order valence-electron chi connectivity index (χ1n) is 8.63. The molecule has 1 aromatic carbocycles. The molecule has 2 aromatic rings. The van der Waals surface area contributed by atoms with Gasteiger partial charge in [0.15, 0.2) is 5.16 Å². The summed E-state index contributed by atoms with van der Waals surface area (Å²) in [6.45, 7) is 6.52. The Hall–Kier alpha value is -2.49. The van der Waals surface area contributed by atoms with Crippen molar-refractivity contribution in [3.8, 4) is 0 Å². The molecule has 0 aliphatic carbocycles. The Morgan fingerprint density at radius 1 is 1.48 bits per heavy atom. The molecule has 1 aromatic heterocycles. The van der Waals surface area contributed by atoms with Crippen LogP contribution in [0.25, 0.3) is 11.0 Å². The first kappa shape index (κ1) is 19.3. The number of hydrogen-bond acceptors (Lipinski definition) is 6. The summed E-state index contributed by atoms with van der Waals surface area (Å²) >= 11 is 0. The highest BCUT2D eigenvalue weighted by Crippen LogP contribution is 2.23. The molecule has 9 nitrogen and oxygen atoms in total. The molecule has 0 radical (unpaired) electrons. The van der Waals surface area contributed by atoms with E-state index in [4.69, 9.17) is 4.74 Å². The summed E-state index contributed by atoms with van der Waals surface area (Å²) in [6.07, 6.45) is 0.392. The number of carbonyl (C=O) groups is 1. The van der Waals surface area contributed by atoms with Crippen molar-refractivity contribution in [2.75, 3.05) is 18.8 Å². The normalized spacial score (nSPS) is 18.6. The smallest absolute Gasteiger partial charge is 0.410 e. The fraction of sp³-hybridized carbons (Fsp3) is 0.529. The number of nitro groups is 1. The number of carbonyl (C=O) groups excluding carboxylic acids is 1. The lowest BCUT2D eigenvalue weighted by Gasteiger charge is -2.24. The van der Waals surface area contributed by atoms with Gasteiger partial charge >= 0.3 is 6.09 Å². The summed E-state index contributed by atoms with van der Waals surface area (Å²) in [5, 5.41) is 11.1. The van der Waals surface area contributed by atoms with E-state index in [2.05, 4.69) is 9.97 Å². The van der Waals surface area contributed by atoms with Crippen LogP contribution in [0.3, 0.4) is 0 Å². The van der Waals surface area contributed by atoms with Crippen molar-refractivity contribution in [2.24, 2.45) is 5.92 Å². The third-order valence-corrected chi connectivity index (χ3v) is 5.59. The Morgan fingerprint density at radius 3 is 2.89 bits per heavy atom. The Labute approximate surface area is 158 Å². The largest absolute Gasteiger partial charge is 0.444 e. The Bertz CT molecular complexity index is 904. The van der Waals surface area contributed by atoms with Crippen LogP contribution in [0.4, 0.5) is 10.5 Å². The first-order chi connectivity index (χ1) is 12.6. The van der Waals surface area contributed by atoms with Crippen molar-refractivity contribution >= 4 is 33.6 Å². The van der Waals surface area contributed by atoms with Gasteiger partial charge in [0.2, 0.25) is 0 Å². The van der Waals surface area contributed by atoms with Crippen LogP contribution in [-0.4, -0.2) is 54.5 Å². The summed E-state index contributed by atoms with van der Waals surface area (Å²) in [4.78, 5) is 31.3. The second-order valence-electron chi connectivity index (χ2n) is 7.59. The standard InChI is InChI=1S/C17H22N4O5S/c1-17(2,3)26-16(22)20-7-6-11(9-20)10-27(25)15-18-13-5-4-12(21(23)24)8-14(13)19-15/h4-5,8,11H,6-7,9-10H2,1-3H3,(H,18,19)/t11-,27+/m0/s1. The quantitative estimate of drug-likeness (QED) is 0.629. The summed E-state index contributed by atoms with van der Waals surface area (Å²) < 4.78 is 18.0. The van der Waals surface area contributed by atoms with Crippen LogP contribution in [-0.2, 0) is 15.5 Å². The number of fused-ring (bicyclic) bond motifs is 1. The van der Waals surface area contributed by atoms with Gasteiger partial charge in [-0.05, 0) is 39.2 Å². The topological polar surface area (TPSA) is 118 Å². The second-order valence-corrected chi connectivity index (χ2v) is 9.00. The van der Waals surface area contributed by atoms with E-state index >= 15 is 0 Å². The number of nitrogens with zero attached hydrogens (tertiary/aromatic N) is 3. The van der Waals surface area contributed by atoms with Gasteiger partial charge in [-0.2, -0.15) is 0 Å². The monoisotopic (exact) mass is 394 g/mol. The van der Waals surface area contributed by atoms with E-state index in [9.17, 15) is 19.1 Å². The molecule has 1 saturated heterocycles. The minimum atomic E-state index is -1.39. The summed E-state index contributed by atoms with van der Waals surface area (Å²) in [5.41, 5.74) is 0.418. The van der Waals surface area contributed by atoms with Crippen molar-refractivity contribution in [3.63, 3.8) is 0 Å². The van der Waals surface area contributed by atoms with Crippen LogP contribution >= 0.6 is 0 Å². The first-order valence-corrected chi connectivity index (χ1v) is 9.95. The number of likely N-dealkylation sites (tertiary alicyclic amines) is 1. The van der Waals surface area contributed by atoms with E-state index in [1.807, 2.05) is 20.8 Å². The molecule has 0 unspecified atom stereocenters. The molecule has 10 heteroatoms. The molecule has 1 fully saturated rings. The van der Waals surface area contributed by atoms with E-state index in [0.29, 0.717) is 35.0 Å². The number of nitro benzene ring substituents is 1. The summed E-state index contributed by atoms with van der Waals surface area (Å²) in [5.74, 6) is 0.446. The van der Waals surface area contributed by atoms with E-state index in [0.717, 1.165) is 6.42 Å². The fourth-order valence-corrected chi connectivity index (χ4v) is 4.23. The maximum Gasteiger partial charge on any atom is 0.410 e. The zero-order chi connectivity index (χ0) is 19.8. The number of ether oxygens (including phenoxy) is 1. The van der Waals surface area contributed by atoms with E-state index in [1.165, 1.54) is 18.2 Å². The number of hydrogen-bond donors (Lipinski definition) is 1. The van der Waals surface area contributed by atoms with Gasteiger partial charge in [-0.1, -0.05) is 0 Å². The molecular weight excluding hydrogens is 372 g/mol. The van der Waals surface area contributed by atoms with Crippen LogP contribution in [0, 0.1) is 16.0 Å². The third kappa shape index (κ3) is 4.62. The minimum absolute atomic E-state index is 0.0488. The molecule has 1 N–H and O–H groups in total. The third-order valence-electron chi connectivity index (χ3n) is 4.19. The number of nitrogens with one attached hydrogen (secondary N) is 1. The lowest BCUT2D eigenvalue weighted by atomic mass is 10.2. The highest BCUT2D eigenvalue weighted by Gasteiger charge is 2.31. The SMILES string of the molecule is CC(C)(C)OC(=O)N1CC[C@H](C[S@@](=O)c2nc3ccc([N+](=O)[O-])cc3[nH]2)C1. The molecule has 146 valence electrons. The molecule has 1 amide bonds. The van der Waals surface area contributed by atoms with Gasteiger partial charge in [-0.15, -0.1) is 0 Å². The van der Waals surface area contributed by atoms with Crippen LogP contribution in [0.15, 0.2) is 23.4 Å². The van der Waals surface area contributed by atoms with E-state index in [-0.39, 0.29) is 17.7 Å². The number of benzene rings is 1. The van der Waals surface area contributed by atoms with Gasteiger partial charge in [0.25, 0.3) is 5.69 Å². The summed E-state index contributed by atoms with van der Waals surface area (Å²) in [7, 11) is -1.39. The molecule has 2 heterocycles. The summed E-state index contributed by atoms with van der Waals surface area (Å²) in [6, 6.07) is 4.28. The molecule has 27 heavy (non-hydrogen) atoms. The van der Waals surface area contributed by atoms with Crippen molar-refractivity contribution in [1.82, 2.24) is 14.9 Å². The zero-order valence-electron chi connectivity index (χ0n) is 15.4. The molecule has 0 spiro atoms. The van der Waals surface area contributed by atoms with Gasteiger partial charge in [0.1, 0.15) is 5.60 Å². The van der Waals surface area contributed by atoms with Gasteiger partial charge < -0.3 is 14.6 Å². The number of imidazole rings is 1. The van der Waals surface area contributed by atoms with Crippen LogP contribution in [0.2, 0.25) is 0 Å². The Balaban J connectivity index is 1.63. The Morgan fingerprint density at radius 2 is 2.22 bits per heavy atom. The fourth-order valence-electron chi connectivity index (χ4n) is 2.95.